The average molecular weight is 390 g/mol. The van der Waals surface area contributed by atoms with Crippen molar-refractivity contribution in [3.05, 3.63) is 35.9 Å². The van der Waals surface area contributed by atoms with Crippen molar-refractivity contribution in [3.8, 4) is 0 Å². The van der Waals surface area contributed by atoms with Crippen molar-refractivity contribution in [2.75, 3.05) is 6.54 Å². The number of amides is 1. The van der Waals surface area contributed by atoms with Crippen molar-refractivity contribution in [3.63, 3.8) is 0 Å². The lowest BCUT2D eigenvalue weighted by atomic mass is 9.93. The predicted octanol–water partition coefficient (Wildman–Crippen LogP) is 5.28. The number of carbonyl (C=O) groups is 2. The van der Waals surface area contributed by atoms with E-state index >= 15 is 0 Å². The fraction of sp³-hybridized carbons (Fsp3) is 0.652. The lowest BCUT2D eigenvalue weighted by Gasteiger charge is -2.28. The molecule has 0 bridgehead atoms. The molecule has 0 aliphatic carbocycles. The minimum absolute atomic E-state index is 0.205. The Balaban J connectivity index is 1.70. The zero-order chi connectivity index (χ0) is 20.6. The standard InChI is InChI=1S/C23H35NO4/c1-23(2,3)28-22(27)24-16-10-15-20(24)14-9-5-8-13-19(21(25)26)17-18-11-6-4-7-12-18/h4,6-7,11-12,19-20H,5,8-10,13-17H2,1-3H3,(H,25,26)/t19-,20-/m0/s1. The molecule has 5 heteroatoms. The Labute approximate surface area is 169 Å². The number of carboxylic acid groups (broad SMARTS) is 1. The van der Waals surface area contributed by atoms with Crippen LogP contribution in [0.15, 0.2) is 30.3 Å². The third kappa shape index (κ3) is 7.53. The molecule has 156 valence electrons. The van der Waals surface area contributed by atoms with E-state index in [1.165, 1.54) is 0 Å². The Morgan fingerprint density at radius 2 is 1.89 bits per heavy atom. The quantitative estimate of drug-likeness (QED) is 0.584. The molecular weight excluding hydrogens is 354 g/mol. The summed E-state index contributed by atoms with van der Waals surface area (Å²) in [6.45, 7) is 6.45. The molecule has 2 rings (SSSR count). The van der Waals surface area contributed by atoms with E-state index in [4.69, 9.17) is 4.74 Å². The van der Waals surface area contributed by atoms with Gasteiger partial charge < -0.3 is 14.7 Å². The second-order valence-corrected chi connectivity index (χ2v) is 8.83. The van der Waals surface area contributed by atoms with Gasteiger partial charge in [0.1, 0.15) is 5.60 Å². The van der Waals surface area contributed by atoms with E-state index in [1.807, 2.05) is 56.0 Å². The minimum atomic E-state index is -0.712. The van der Waals surface area contributed by atoms with Crippen molar-refractivity contribution in [1.82, 2.24) is 4.90 Å². The number of likely N-dealkylation sites (tertiary alicyclic amines) is 1. The van der Waals surface area contributed by atoms with Gasteiger partial charge in [-0.25, -0.2) is 4.79 Å². The van der Waals surface area contributed by atoms with Crippen molar-refractivity contribution < 1.29 is 19.4 Å². The third-order valence-electron chi connectivity index (χ3n) is 5.27. The molecule has 0 unspecified atom stereocenters. The molecular formula is C23H35NO4. The Hall–Kier alpha value is -2.04. The number of carbonyl (C=O) groups excluding carboxylic acids is 1. The van der Waals surface area contributed by atoms with Crippen LogP contribution in [0.3, 0.4) is 0 Å². The zero-order valence-corrected chi connectivity index (χ0v) is 17.5. The van der Waals surface area contributed by atoms with E-state index in [9.17, 15) is 14.7 Å². The molecule has 0 spiro atoms. The first kappa shape index (κ1) is 22.3. The summed E-state index contributed by atoms with van der Waals surface area (Å²) >= 11 is 0. The van der Waals surface area contributed by atoms with Crippen LogP contribution in [-0.2, 0) is 16.0 Å². The molecule has 0 radical (unpaired) electrons. The van der Waals surface area contributed by atoms with Gasteiger partial charge in [0, 0.05) is 12.6 Å². The highest BCUT2D eigenvalue weighted by Crippen LogP contribution is 2.25. The predicted molar refractivity (Wildman–Crippen MR) is 110 cm³/mol. The first-order valence-electron chi connectivity index (χ1n) is 10.5. The van der Waals surface area contributed by atoms with Crippen LogP contribution in [0.2, 0.25) is 0 Å². The molecule has 1 saturated heterocycles. The maximum Gasteiger partial charge on any atom is 0.410 e. The summed E-state index contributed by atoms with van der Waals surface area (Å²) < 4.78 is 5.52. The van der Waals surface area contributed by atoms with Crippen molar-refractivity contribution in [2.24, 2.45) is 5.92 Å². The largest absolute Gasteiger partial charge is 0.481 e. The third-order valence-corrected chi connectivity index (χ3v) is 5.27. The monoisotopic (exact) mass is 389 g/mol. The first-order chi connectivity index (χ1) is 13.3. The number of carboxylic acids is 1. The highest BCUT2D eigenvalue weighted by atomic mass is 16.6. The van der Waals surface area contributed by atoms with Crippen LogP contribution in [0, 0.1) is 5.92 Å². The molecule has 1 aromatic carbocycles. The number of hydrogen-bond donors (Lipinski definition) is 1. The molecule has 1 amide bonds. The van der Waals surface area contributed by atoms with Crippen LogP contribution < -0.4 is 0 Å². The Morgan fingerprint density at radius 3 is 2.54 bits per heavy atom. The molecule has 1 N–H and O–H groups in total. The van der Waals surface area contributed by atoms with Gasteiger partial charge in [-0.15, -0.1) is 0 Å². The summed E-state index contributed by atoms with van der Waals surface area (Å²) in [6.07, 6.45) is 7.03. The fourth-order valence-electron chi connectivity index (χ4n) is 3.86. The second-order valence-electron chi connectivity index (χ2n) is 8.83. The van der Waals surface area contributed by atoms with Crippen molar-refractivity contribution >= 4 is 12.1 Å². The van der Waals surface area contributed by atoms with Crippen LogP contribution >= 0.6 is 0 Å². The lowest BCUT2D eigenvalue weighted by Crippen LogP contribution is -2.39. The SMILES string of the molecule is CC(C)(C)OC(=O)N1CCC[C@@H]1CCCCC[C@@H](Cc1ccccc1)C(=O)O. The molecule has 5 nitrogen and oxygen atoms in total. The zero-order valence-electron chi connectivity index (χ0n) is 17.5. The maximum atomic E-state index is 12.3. The van der Waals surface area contributed by atoms with Crippen LogP contribution in [0.1, 0.15) is 71.3 Å². The Bertz CT molecular complexity index is 623. The second kappa shape index (κ2) is 10.5. The molecule has 1 aromatic rings. The van der Waals surface area contributed by atoms with Gasteiger partial charge >= 0.3 is 12.1 Å². The highest BCUT2D eigenvalue weighted by Gasteiger charge is 2.31. The molecule has 1 fully saturated rings. The number of rotatable bonds is 9. The van der Waals surface area contributed by atoms with E-state index in [1.54, 1.807) is 0 Å². The lowest BCUT2D eigenvalue weighted by molar-refractivity contribution is -0.142. The molecule has 1 aliphatic rings. The normalized spacial score (nSPS) is 18.1. The van der Waals surface area contributed by atoms with E-state index in [0.29, 0.717) is 12.8 Å². The Morgan fingerprint density at radius 1 is 1.18 bits per heavy atom. The van der Waals surface area contributed by atoms with Crippen LogP contribution in [0.4, 0.5) is 4.79 Å². The van der Waals surface area contributed by atoms with Gasteiger partial charge in [-0.1, -0.05) is 49.6 Å². The number of hydrogen-bond acceptors (Lipinski definition) is 3. The van der Waals surface area contributed by atoms with Crippen LogP contribution in [-0.4, -0.2) is 40.3 Å². The summed E-state index contributed by atoms with van der Waals surface area (Å²) in [6, 6.07) is 10.1. The van der Waals surface area contributed by atoms with Gasteiger partial charge in [-0.05, 0) is 58.4 Å². The summed E-state index contributed by atoms with van der Waals surface area (Å²) in [5, 5.41) is 9.49. The number of ether oxygens (including phenoxy) is 1. The highest BCUT2D eigenvalue weighted by molar-refractivity contribution is 5.70. The average Bonchev–Trinajstić information content (AvgIpc) is 3.08. The van der Waals surface area contributed by atoms with E-state index in [-0.39, 0.29) is 18.1 Å². The smallest absolute Gasteiger partial charge is 0.410 e. The summed E-state index contributed by atoms with van der Waals surface area (Å²) in [7, 11) is 0. The number of aliphatic carboxylic acids is 1. The van der Waals surface area contributed by atoms with Gasteiger partial charge in [-0.3, -0.25) is 4.79 Å². The topological polar surface area (TPSA) is 66.8 Å². The van der Waals surface area contributed by atoms with Crippen molar-refractivity contribution in [2.45, 2.75) is 83.8 Å². The number of benzene rings is 1. The van der Waals surface area contributed by atoms with E-state index < -0.39 is 11.6 Å². The van der Waals surface area contributed by atoms with Crippen LogP contribution in [0.25, 0.3) is 0 Å². The van der Waals surface area contributed by atoms with E-state index in [2.05, 4.69) is 0 Å². The van der Waals surface area contributed by atoms with Crippen LogP contribution in [0.5, 0.6) is 0 Å². The van der Waals surface area contributed by atoms with Gasteiger partial charge in [-0.2, -0.15) is 0 Å². The number of unbranched alkanes of at least 4 members (excludes halogenated alkanes) is 2. The van der Waals surface area contributed by atoms with Gasteiger partial charge in [0.2, 0.25) is 0 Å². The fourth-order valence-corrected chi connectivity index (χ4v) is 3.86. The van der Waals surface area contributed by atoms with E-state index in [0.717, 1.165) is 50.6 Å². The maximum absolute atomic E-state index is 12.3. The molecule has 0 saturated carbocycles. The summed E-state index contributed by atoms with van der Waals surface area (Å²) in [5.41, 5.74) is 0.614. The molecule has 0 aromatic heterocycles. The number of nitrogens with zero attached hydrogens (tertiary/aromatic N) is 1. The van der Waals surface area contributed by atoms with Crippen molar-refractivity contribution in [1.29, 1.82) is 0 Å². The summed E-state index contributed by atoms with van der Waals surface area (Å²) in [5.74, 6) is -1.04. The molecule has 1 heterocycles. The van der Waals surface area contributed by atoms with Gasteiger partial charge in [0.15, 0.2) is 0 Å². The molecule has 1 aliphatic heterocycles. The molecule has 2 atom stereocenters. The Kier molecular flexibility index (Phi) is 8.34. The minimum Gasteiger partial charge on any atom is -0.481 e. The van der Waals surface area contributed by atoms with Gasteiger partial charge in [0.25, 0.3) is 0 Å². The molecule has 28 heavy (non-hydrogen) atoms. The first-order valence-corrected chi connectivity index (χ1v) is 10.5. The summed E-state index contributed by atoms with van der Waals surface area (Å²) in [4.78, 5) is 25.8. The van der Waals surface area contributed by atoms with Gasteiger partial charge in [0.05, 0.1) is 5.92 Å².